The summed E-state index contributed by atoms with van der Waals surface area (Å²) in [5.41, 5.74) is 0. The SMILES string of the molecule is CC(Oc1ccc(F)cc1)C(=O)Nc1ccnn1Cc1cccs1. The van der Waals surface area contributed by atoms with Crippen LogP contribution in [0.3, 0.4) is 0 Å². The molecule has 0 saturated carbocycles. The summed E-state index contributed by atoms with van der Waals surface area (Å²) >= 11 is 1.63. The number of thiophene rings is 1. The fraction of sp³-hybridized carbons (Fsp3) is 0.176. The van der Waals surface area contributed by atoms with Gasteiger partial charge in [0, 0.05) is 10.9 Å². The minimum atomic E-state index is -0.722. The molecule has 7 heteroatoms. The summed E-state index contributed by atoms with van der Waals surface area (Å²) in [6.07, 6.45) is 0.912. The number of aromatic nitrogens is 2. The number of nitrogens with one attached hydrogen (secondary N) is 1. The van der Waals surface area contributed by atoms with Crippen LogP contribution in [0.1, 0.15) is 11.8 Å². The first kappa shape index (κ1) is 16.2. The maximum Gasteiger partial charge on any atom is 0.266 e. The first-order valence-electron chi connectivity index (χ1n) is 7.39. The molecule has 0 fully saturated rings. The van der Waals surface area contributed by atoms with E-state index in [0.717, 1.165) is 4.88 Å². The van der Waals surface area contributed by atoms with E-state index in [1.165, 1.54) is 24.3 Å². The average molecular weight is 345 g/mol. The lowest BCUT2D eigenvalue weighted by Gasteiger charge is -2.15. The topological polar surface area (TPSA) is 56.1 Å². The Kier molecular flexibility index (Phi) is 4.90. The van der Waals surface area contributed by atoms with Gasteiger partial charge in [0.25, 0.3) is 5.91 Å². The molecule has 0 aliphatic heterocycles. The van der Waals surface area contributed by atoms with E-state index in [0.29, 0.717) is 18.1 Å². The minimum absolute atomic E-state index is 0.299. The molecule has 0 bridgehead atoms. The predicted molar refractivity (Wildman–Crippen MR) is 90.8 cm³/mol. The number of ether oxygens (including phenoxy) is 1. The summed E-state index contributed by atoms with van der Waals surface area (Å²) < 4.78 is 20.1. The molecular weight excluding hydrogens is 329 g/mol. The first-order valence-corrected chi connectivity index (χ1v) is 8.27. The summed E-state index contributed by atoms with van der Waals surface area (Å²) in [6.45, 7) is 2.23. The van der Waals surface area contributed by atoms with Gasteiger partial charge < -0.3 is 10.1 Å². The van der Waals surface area contributed by atoms with Crippen molar-refractivity contribution in [2.45, 2.75) is 19.6 Å². The Hall–Kier alpha value is -2.67. The van der Waals surface area contributed by atoms with E-state index in [-0.39, 0.29) is 11.7 Å². The van der Waals surface area contributed by atoms with Gasteiger partial charge in [-0.2, -0.15) is 5.10 Å². The van der Waals surface area contributed by atoms with Crippen LogP contribution in [0.5, 0.6) is 5.75 Å². The van der Waals surface area contributed by atoms with Gasteiger partial charge in [0.15, 0.2) is 6.10 Å². The van der Waals surface area contributed by atoms with E-state index in [2.05, 4.69) is 10.4 Å². The van der Waals surface area contributed by atoms with Gasteiger partial charge in [-0.25, -0.2) is 9.07 Å². The molecule has 124 valence electrons. The van der Waals surface area contributed by atoms with Crippen LogP contribution in [0.15, 0.2) is 54.0 Å². The number of hydrogen-bond donors (Lipinski definition) is 1. The molecule has 2 aromatic heterocycles. The molecule has 1 unspecified atom stereocenters. The number of carbonyl (C=O) groups is 1. The zero-order valence-corrected chi connectivity index (χ0v) is 13.8. The Labute approximate surface area is 142 Å². The van der Waals surface area contributed by atoms with Crippen LogP contribution >= 0.6 is 11.3 Å². The molecule has 1 aromatic carbocycles. The van der Waals surface area contributed by atoms with Gasteiger partial charge in [-0.3, -0.25) is 4.79 Å². The van der Waals surface area contributed by atoms with E-state index in [1.54, 1.807) is 35.2 Å². The summed E-state index contributed by atoms with van der Waals surface area (Å²) in [7, 11) is 0. The predicted octanol–water partition coefficient (Wildman–Crippen LogP) is 3.54. The van der Waals surface area contributed by atoms with Crippen molar-refractivity contribution >= 4 is 23.1 Å². The van der Waals surface area contributed by atoms with Gasteiger partial charge >= 0.3 is 0 Å². The molecule has 2 heterocycles. The van der Waals surface area contributed by atoms with Crippen LogP contribution in [0, 0.1) is 5.82 Å². The monoisotopic (exact) mass is 345 g/mol. The second-order valence-corrected chi connectivity index (χ2v) is 6.19. The number of carbonyl (C=O) groups excluding carboxylic acids is 1. The third kappa shape index (κ3) is 3.99. The fourth-order valence-electron chi connectivity index (χ4n) is 2.11. The van der Waals surface area contributed by atoms with Crippen molar-refractivity contribution in [3.63, 3.8) is 0 Å². The van der Waals surface area contributed by atoms with Crippen LogP contribution in [0.25, 0.3) is 0 Å². The van der Waals surface area contributed by atoms with Crippen LogP contribution < -0.4 is 10.1 Å². The van der Waals surface area contributed by atoms with Crippen molar-refractivity contribution in [3.05, 3.63) is 64.7 Å². The molecular formula is C17H16FN3O2S. The number of amides is 1. The van der Waals surface area contributed by atoms with Crippen LogP contribution in [0.4, 0.5) is 10.2 Å². The molecule has 1 atom stereocenters. The number of nitrogens with zero attached hydrogens (tertiary/aromatic N) is 2. The molecule has 1 N–H and O–H groups in total. The summed E-state index contributed by atoms with van der Waals surface area (Å²) in [5.74, 6) is 0.387. The second kappa shape index (κ2) is 7.27. The third-order valence-corrected chi connectivity index (χ3v) is 4.21. The lowest BCUT2D eigenvalue weighted by molar-refractivity contribution is -0.122. The zero-order chi connectivity index (χ0) is 16.9. The second-order valence-electron chi connectivity index (χ2n) is 5.16. The molecule has 0 radical (unpaired) electrons. The first-order chi connectivity index (χ1) is 11.6. The van der Waals surface area contributed by atoms with E-state index >= 15 is 0 Å². The van der Waals surface area contributed by atoms with Crippen molar-refractivity contribution < 1.29 is 13.9 Å². The van der Waals surface area contributed by atoms with Crippen molar-refractivity contribution in [2.75, 3.05) is 5.32 Å². The normalized spacial score (nSPS) is 11.9. The number of hydrogen-bond acceptors (Lipinski definition) is 4. The van der Waals surface area contributed by atoms with E-state index in [4.69, 9.17) is 4.74 Å². The molecule has 0 aliphatic carbocycles. The van der Waals surface area contributed by atoms with Gasteiger partial charge in [-0.15, -0.1) is 11.3 Å². The summed E-state index contributed by atoms with van der Waals surface area (Å²) in [6, 6.07) is 11.3. The van der Waals surface area contributed by atoms with Crippen LogP contribution in [0.2, 0.25) is 0 Å². The Morgan fingerprint density at radius 1 is 1.33 bits per heavy atom. The van der Waals surface area contributed by atoms with Gasteiger partial charge in [0.2, 0.25) is 0 Å². The lowest BCUT2D eigenvalue weighted by Crippen LogP contribution is -2.31. The van der Waals surface area contributed by atoms with Crippen molar-refractivity contribution in [3.8, 4) is 5.75 Å². The van der Waals surface area contributed by atoms with Gasteiger partial charge in [-0.1, -0.05) is 6.07 Å². The Morgan fingerprint density at radius 2 is 2.12 bits per heavy atom. The highest BCUT2D eigenvalue weighted by atomic mass is 32.1. The van der Waals surface area contributed by atoms with E-state index in [1.807, 2.05) is 17.5 Å². The Balaban J connectivity index is 1.62. The standard InChI is InChI=1S/C17H16FN3O2S/c1-12(23-14-6-4-13(18)5-7-14)17(22)20-16-8-9-19-21(16)11-15-3-2-10-24-15/h2-10,12H,11H2,1H3,(H,20,22). The van der Waals surface area contributed by atoms with Crippen LogP contribution in [-0.2, 0) is 11.3 Å². The van der Waals surface area contributed by atoms with Crippen molar-refractivity contribution in [2.24, 2.45) is 0 Å². The quantitative estimate of drug-likeness (QED) is 0.743. The smallest absolute Gasteiger partial charge is 0.266 e. The van der Waals surface area contributed by atoms with Crippen molar-refractivity contribution in [1.82, 2.24) is 9.78 Å². The third-order valence-electron chi connectivity index (χ3n) is 3.35. The minimum Gasteiger partial charge on any atom is -0.481 e. The van der Waals surface area contributed by atoms with Crippen LogP contribution in [-0.4, -0.2) is 21.8 Å². The Morgan fingerprint density at radius 3 is 2.83 bits per heavy atom. The van der Waals surface area contributed by atoms with Crippen molar-refractivity contribution in [1.29, 1.82) is 0 Å². The largest absolute Gasteiger partial charge is 0.481 e. The molecule has 24 heavy (non-hydrogen) atoms. The molecule has 3 aromatic rings. The highest BCUT2D eigenvalue weighted by molar-refractivity contribution is 7.09. The maximum absolute atomic E-state index is 12.9. The number of anilines is 1. The summed E-state index contributed by atoms with van der Waals surface area (Å²) in [4.78, 5) is 13.4. The average Bonchev–Trinajstić information content (AvgIpc) is 3.22. The number of halogens is 1. The Bertz CT molecular complexity index is 800. The molecule has 1 amide bonds. The summed E-state index contributed by atoms with van der Waals surface area (Å²) in [5, 5.41) is 9.02. The van der Waals surface area contributed by atoms with Gasteiger partial charge in [0.1, 0.15) is 17.4 Å². The highest BCUT2D eigenvalue weighted by Crippen LogP contribution is 2.16. The maximum atomic E-state index is 12.9. The zero-order valence-electron chi connectivity index (χ0n) is 13.0. The molecule has 0 saturated heterocycles. The highest BCUT2D eigenvalue weighted by Gasteiger charge is 2.17. The van der Waals surface area contributed by atoms with Gasteiger partial charge in [-0.05, 0) is 42.6 Å². The molecule has 3 rings (SSSR count). The van der Waals surface area contributed by atoms with Gasteiger partial charge in [0.05, 0.1) is 12.7 Å². The fourth-order valence-corrected chi connectivity index (χ4v) is 2.80. The lowest BCUT2D eigenvalue weighted by atomic mass is 10.3. The number of rotatable bonds is 6. The van der Waals surface area contributed by atoms with E-state index < -0.39 is 6.10 Å². The van der Waals surface area contributed by atoms with E-state index in [9.17, 15) is 9.18 Å². The molecule has 0 spiro atoms. The number of benzene rings is 1. The molecule has 5 nitrogen and oxygen atoms in total. The molecule has 0 aliphatic rings.